The van der Waals surface area contributed by atoms with Gasteiger partial charge in [-0.2, -0.15) is 0 Å². The molecular formula is C8H9BrF2N2O2S. The second-order valence-electron chi connectivity index (χ2n) is 3.04. The van der Waals surface area contributed by atoms with Gasteiger partial charge in [0.25, 0.3) is 0 Å². The number of anilines is 1. The van der Waals surface area contributed by atoms with E-state index in [9.17, 15) is 17.2 Å². The fraction of sp³-hybridized carbons (Fsp3) is 0.250. The number of nitrogens with two attached hydrogens (primary N) is 1. The van der Waals surface area contributed by atoms with Gasteiger partial charge >= 0.3 is 0 Å². The maximum absolute atomic E-state index is 13.1. The van der Waals surface area contributed by atoms with E-state index in [1.807, 2.05) is 0 Å². The Morgan fingerprint density at radius 2 is 1.94 bits per heavy atom. The number of nitrogens with one attached hydrogen (secondary N) is 1. The molecule has 0 amide bonds. The van der Waals surface area contributed by atoms with Crippen LogP contribution in [0.5, 0.6) is 0 Å². The van der Waals surface area contributed by atoms with Gasteiger partial charge in [-0.15, -0.1) is 0 Å². The summed E-state index contributed by atoms with van der Waals surface area (Å²) in [5.74, 6) is -1.86. The molecule has 0 fully saturated rings. The van der Waals surface area contributed by atoms with Crippen LogP contribution in [0.25, 0.3) is 0 Å². The Kier molecular flexibility index (Phi) is 4.22. The predicted octanol–water partition coefficient (Wildman–Crippen LogP) is 1.43. The van der Waals surface area contributed by atoms with Crippen LogP contribution in [0.2, 0.25) is 0 Å². The minimum atomic E-state index is -3.60. The highest BCUT2D eigenvalue weighted by atomic mass is 79.9. The second-order valence-corrected chi connectivity index (χ2v) is 5.63. The first-order valence-corrected chi connectivity index (χ1v) is 6.69. The van der Waals surface area contributed by atoms with Crippen LogP contribution in [0, 0.1) is 11.6 Å². The molecule has 0 saturated heterocycles. The molecule has 0 aliphatic heterocycles. The summed E-state index contributed by atoms with van der Waals surface area (Å²) in [6.45, 7) is -0.0478. The van der Waals surface area contributed by atoms with Crippen molar-refractivity contribution < 1.29 is 17.2 Å². The molecule has 0 bridgehead atoms. The Morgan fingerprint density at radius 1 is 1.31 bits per heavy atom. The van der Waals surface area contributed by atoms with E-state index in [1.54, 1.807) is 0 Å². The quantitative estimate of drug-likeness (QED) is 0.826. The number of rotatable bonds is 4. The van der Waals surface area contributed by atoms with Gasteiger partial charge < -0.3 is 5.32 Å². The normalized spacial score (nSPS) is 11.5. The van der Waals surface area contributed by atoms with Crippen molar-refractivity contribution >= 4 is 31.6 Å². The summed E-state index contributed by atoms with van der Waals surface area (Å²) in [4.78, 5) is 0. The zero-order valence-electron chi connectivity index (χ0n) is 8.00. The number of sulfonamides is 1. The molecule has 0 spiro atoms. The van der Waals surface area contributed by atoms with Crippen LogP contribution >= 0.6 is 15.9 Å². The molecule has 0 aliphatic carbocycles. The lowest BCUT2D eigenvalue weighted by atomic mass is 10.3. The average Bonchev–Trinajstić information content (AvgIpc) is 2.11. The lowest BCUT2D eigenvalue weighted by Gasteiger charge is -2.07. The Morgan fingerprint density at radius 3 is 2.50 bits per heavy atom. The summed E-state index contributed by atoms with van der Waals surface area (Å²) in [6.07, 6.45) is 0. The SMILES string of the molecule is NS(=O)(=O)CCNc1cc(Br)c(F)cc1F. The van der Waals surface area contributed by atoms with E-state index in [0.29, 0.717) is 6.07 Å². The van der Waals surface area contributed by atoms with Crippen LogP contribution in [0.3, 0.4) is 0 Å². The third kappa shape index (κ3) is 4.03. The van der Waals surface area contributed by atoms with E-state index in [4.69, 9.17) is 5.14 Å². The van der Waals surface area contributed by atoms with Gasteiger partial charge in [0.05, 0.1) is 15.9 Å². The van der Waals surface area contributed by atoms with E-state index in [0.717, 1.165) is 0 Å². The smallest absolute Gasteiger partial charge is 0.210 e. The molecule has 1 aromatic rings. The minimum Gasteiger partial charge on any atom is -0.382 e. The van der Waals surface area contributed by atoms with Gasteiger partial charge in [-0.3, -0.25) is 0 Å². The van der Waals surface area contributed by atoms with Gasteiger partial charge in [-0.05, 0) is 22.0 Å². The average molecular weight is 315 g/mol. The molecule has 0 aliphatic rings. The van der Waals surface area contributed by atoms with Gasteiger partial charge in [0, 0.05) is 12.6 Å². The van der Waals surface area contributed by atoms with Crippen LogP contribution in [0.4, 0.5) is 14.5 Å². The molecule has 1 aromatic carbocycles. The summed E-state index contributed by atoms with van der Waals surface area (Å²) < 4.78 is 47.3. The highest BCUT2D eigenvalue weighted by molar-refractivity contribution is 9.10. The van der Waals surface area contributed by atoms with Crippen LogP contribution in [0.15, 0.2) is 16.6 Å². The van der Waals surface area contributed by atoms with Gasteiger partial charge in [0.1, 0.15) is 11.6 Å². The second kappa shape index (κ2) is 5.07. The van der Waals surface area contributed by atoms with Crippen molar-refractivity contribution in [3.8, 4) is 0 Å². The fourth-order valence-corrected chi connectivity index (χ4v) is 1.72. The maximum atomic E-state index is 13.1. The van der Waals surface area contributed by atoms with Crippen molar-refractivity contribution in [2.24, 2.45) is 5.14 Å². The van der Waals surface area contributed by atoms with E-state index in [-0.39, 0.29) is 22.5 Å². The predicted molar refractivity (Wildman–Crippen MR) is 60.5 cm³/mol. The first-order chi connectivity index (χ1) is 7.29. The van der Waals surface area contributed by atoms with Crippen molar-refractivity contribution in [2.75, 3.05) is 17.6 Å². The van der Waals surface area contributed by atoms with Crippen LogP contribution in [0.1, 0.15) is 0 Å². The van der Waals surface area contributed by atoms with Crippen LogP contribution < -0.4 is 10.5 Å². The first-order valence-electron chi connectivity index (χ1n) is 4.18. The molecule has 0 radical (unpaired) electrons. The molecule has 0 unspecified atom stereocenters. The molecule has 8 heteroatoms. The van der Waals surface area contributed by atoms with Gasteiger partial charge in [-0.25, -0.2) is 22.3 Å². The summed E-state index contributed by atoms with van der Waals surface area (Å²) in [7, 11) is -3.60. The summed E-state index contributed by atoms with van der Waals surface area (Å²) in [5, 5.41) is 7.27. The van der Waals surface area contributed by atoms with Gasteiger partial charge in [0.15, 0.2) is 0 Å². The van der Waals surface area contributed by atoms with E-state index in [2.05, 4.69) is 21.2 Å². The van der Waals surface area contributed by atoms with Crippen molar-refractivity contribution in [1.29, 1.82) is 0 Å². The number of hydrogen-bond acceptors (Lipinski definition) is 3. The molecule has 16 heavy (non-hydrogen) atoms. The highest BCUT2D eigenvalue weighted by Crippen LogP contribution is 2.23. The third-order valence-corrected chi connectivity index (χ3v) is 3.09. The molecule has 3 N–H and O–H groups in total. The monoisotopic (exact) mass is 314 g/mol. The van der Waals surface area contributed by atoms with Crippen molar-refractivity contribution in [1.82, 2.24) is 0 Å². The summed E-state index contributed by atoms with van der Waals surface area (Å²) in [5.41, 5.74) is 0.0110. The number of benzene rings is 1. The molecule has 0 heterocycles. The molecule has 0 aromatic heterocycles. The summed E-state index contributed by atoms with van der Waals surface area (Å²) >= 11 is 2.89. The third-order valence-electron chi connectivity index (χ3n) is 1.71. The molecule has 0 atom stereocenters. The van der Waals surface area contributed by atoms with Crippen LogP contribution in [-0.4, -0.2) is 20.7 Å². The van der Waals surface area contributed by atoms with Crippen molar-refractivity contribution in [2.45, 2.75) is 0 Å². The first kappa shape index (κ1) is 13.3. The van der Waals surface area contributed by atoms with E-state index >= 15 is 0 Å². The van der Waals surface area contributed by atoms with E-state index in [1.165, 1.54) is 6.07 Å². The summed E-state index contributed by atoms with van der Waals surface area (Å²) in [6, 6.07) is 1.89. The maximum Gasteiger partial charge on any atom is 0.210 e. The Bertz CT molecular complexity index is 493. The highest BCUT2D eigenvalue weighted by Gasteiger charge is 2.08. The fourth-order valence-electron chi connectivity index (χ4n) is 0.986. The standard InChI is InChI=1S/C8H9BrF2N2O2S/c9-5-3-8(7(11)4-6(5)10)13-1-2-16(12,14)15/h3-4,13H,1-2H2,(H2,12,14,15). The van der Waals surface area contributed by atoms with Gasteiger partial charge in [0.2, 0.25) is 10.0 Å². The van der Waals surface area contributed by atoms with Crippen molar-refractivity contribution in [3.05, 3.63) is 28.2 Å². The zero-order chi connectivity index (χ0) is 12.3. The zero-order valence-corrected chi connectivity index (χ0v) is 10.4. The number of halogens is 3. The molecule has 1 rings (SSSR count). The Hall–Kier alpha value is -0.730. The molecule has 90 valence electrons. The number of hydrogen-bond donors (Lipinski definition) is 2. The van der Waals surface area contributed by atoms with Gasteiger partial charge in [-0.1, -0.05) is 0 Å². The Labute approximate surface area is 100 Å². The Balaban J connectivity index is 2.71. The lowest BCUT2D eigenvalue weighted by molar-refractivity contribution is 0.580. The largest absolute Gasteiger partial charge is 0.382 e. The van der Waals surface area contributed by atoms with Crippen molar-refractivity contribution in [3.63, 3.8) is 0 Å². The molecule has 4 nitrogen and oxygen atoms in total. The molecule has 0 saturated carbocycles. The molecular weight excluding hydrogens is 306 g/mol. The van der Waals surface area contributed by atoms with Crippen LogP contribution in [-0.2, 0) is 10.0 Å². The number of primary sulfonamides is 1. The lowest BCUT2D eigenvalue weighted by Crippen LogP contribution is -2.22. The topological polar surface area (TPSA) is 72.2 Å². The minimum absolute atomic E-state index is 0.0110. The van der Waals surface area contributed by atoms with E-state index < -0.39 is 21.7 Å².